The van der Waals surface area contributed by atoms with E-state index in [4.69, 9.17) is 16.3 Å². The highest BCUT2D eigenvalue weighted by Crippen LogP contribution is 2.37. The number of carbonyl (C=O) groups excluding carboxylic acids is 1. The van der Waals surface area contributed by atoms with Crippen LogP contribution < -0.4 is 4.72 Å². The molecule has 0 saturated heterocycles. The molecule has 1 N–H and O–H groups in total. The molecule has 23 heavy (non-hydrogen) atoms. The zero-order chi connectivity index (χ0) is 16.6. The van der Waals surface area contributed by atoms with Crippen LogP contribution in [0.5, 0.6) is 0 Å². The molecule has 1 aliphatic rings. The lowest BCUT2D eigenvalue weighted by Crippen LogP contribution is -2.11. The second kappa shape index (κ2) is 6.03. The Balaban J connectivity index is 2.03. The summed E-state index contributed by atoms with van der Waals surface area (Å²) in [5.41, 5.74) is 1.46. The monoisotopic (exact) mass is 370 g/mol. The van der Waals surface area contributed by atoms with Crippen LogP contribution in [0.3, 0.4) is 0 Å². The molecule has 2 aromatic rings. The van der Waals surface area contributed by atoms with Crippen LogP contribution in [0, 0.1) is 0 Å². The first kappa shape index (κ1) is 16.1. The van der Waals surface area contributed by atoms with Gasteiger partial charge in [0.25, 0.3) is 0 Å². The molecular formula is C14H11ClN2O4S2. The summed E-state index contributed by atoms with van der Waals surface area (Å²) in [6, 6.07) is 6.61. The van der Waals surface area contributed by atoms with Crippen LogP contribution in [0.15, 0.2) is 40.4 Å². The van der Waals surface area contributed by atoms with Gasteiger partial charge in [-0.15, -0.1) is 0 Å². The number of pyridine rings is 1. The molecule has 0 amide bonds. The maximum absolute atomic E-state index is 11.7. The van der Waals surface area contributed by atoms with Gasteiger partial charge in [0.2, 0.25) is 10.0 Å². The Bertz CT molecular complexity index is 882. The molecule has 1 aliphatic heterocycles. The van der Waals surface area contributed by atoms with Crippen molar-refractivity contribution in [3.63, 3.8) is 0 Å². The smallest absolute Gasteiger partial charge is 0.338 e. The number of nitrogens with zero attached hydrogens (tertiary/aromatic N) is 1. The predicted molar refractivity (Wildman–Crippen MR) is 87.4 cm³/mol. The summed E-state index contributed by atoms with van der Waals surface area (Å²) >= 11 is 7.03. The van der Waals surface area contributed by atoms with E-state index in [0.717, 1.165) is 6.26 Å². The summed E-state index contributed by atoms with van der Waals surface area (Å²) in [4.78, 5) is 16.4. The summed E-state index contributed by atoms with van der Waals surface area (Å²) < 4.78 is 30.6. The van der Waals surface area contributed by atoms with E-state index in [1.807, 2.05) is 0 Å². The number of anilines is 1. The first-order valence-electron chi connectivity index (χ1n) is 6.43. The highest BCUT2D eigenvalue weighted by molar-refractivity contribution is 7.99. The van der Waals surface area contributed by atoms with Gasteiger partial charge in [-0.3, -0.25) is 4.72 Å². The molecule has 0 spiro atoms. The summed E-state index contributed by atoms with van der Waals surface area (Å²) in [5.74, 6) is -0.420. The van der Waals surface area contributed by atoms with E-state index in [1.54, 1.807) is 24.3 Å². The van der Waals surface area contributed by atoms with E-state index in [-0.39, 0.29) is 6.61 Å². The Kier molecular flexibility index (Phi) is 4.22. The van der Waals surface area contributed by atoms with Crippen molar-refractivity contribution in [1.29, 1.82) is 0 Å². The second-order valence-corrected chi connectivity index (χ2v) is 8.12. The maximum Gasteiger partial charge on any atom is 0.338 e. The molecule has 0 saturated carbocycles. The number of hydrogen-bond acceptors (Lipinski definition) is 6. The highest BCUT2D eigenvalue weighted by Gasteiger charge is 2.24. The third-order valence-corrected chi connectivity index (χ3v) is 4.82. The predicted octanol–water partition coefficient (Wildman–Crippen LogP) is 2.93. The van der Waals surface area contributed by atoms with Gasteiger partial charge in [-0.25, -0.2) is 18.2 Å². The van der Waals surface area contributed by atoms with Crippen molar-refractivity contribution in [2.45, 2.75) is 16.5 Å². The molecule has 0 fully saturated rings. The molecule has 0 radical (unpaired) electrons. The third-order valence-electron chi connectivity index (χ3n) is 2.99. The van der Waals surface area contributed by atoms with E-state index in [2.05, 4.69) is 9.71 Å². The van der Waals surface area contributed by atoms with Crippen molar-refractivity contribution in [3.8, 4) is 0 Å². The molecule has 0 aliphatic carbocycles. The SMILES string of the molecule is CS(=O)(=O)Nc1cc2c(cc1Sc1ccc(Cl)cn1)C(=O)OC2. The second-order valence-electron chi connectivity index (χ2n) is 4.87. The molecule has 0 atom stereocenters. The number of sulfonamides is 1. The Hall–Kier alpha value is -1.77. The summed E-state index contributed by atoms with van der Waals surface area (Å²) in [6.45, 7) is 0.136. The van der Waals surface area contributed by atoms with Gasteiger partial charge in [-0.2, -0.15) is 0 Å². The Morgan fingerprint density at radius 3 is 2.78 bits per heavy atom. The lowest BCUT2D eigenvalue weighted by atomic mass is 10.1. The van der Waals surface area contributed by atoms with Crippen LogP contribution in [-0.4, -0.2) is 25.6 Å². The highest BCUT2D eigenvalue weighted by atomic mass is 35.5. The van der Waals surface area contributed by atoms with Gasteiger partial charge in [0.05, 0.1) is 22.5 Å². The number of aromatic nitrogens is 1. The van der Waals surface area contributed by atoms with Crippen LogP contribution in [-0.2, 0) is 21.4 Å². The molecule has 0 unspecified atom stereocenters. The van der Waals surface area contributed by atoms with Crippen molar-refractivity contribution < 1.29 is 17.9 Å². The van der Waals surface area contributed by atoms with E-state index >= 15 is 0 Å². The molecule has 6 nitrogen and oxygen atoms in total. The van der Waals surface area contributed by atoms with E-state index in [0.29, 0.717) is 31.8 Å². The molecular weight excluding hydrogens is 360 g/mol. The number of rotatable bonds is 4. The summed E-state index contributed by atoms with van der Waals surface area (Å²) in [6.07, 6.45) is 2.56. The van der Waals surface area contributed by atoms with Gasteiger partial charge < -0.3 is 4.74 Å². The fraction of sp³-hybridized carbons (Fsp3) is 0.143. The van der Waals surface area contributed by atoms with Gasteiger partial charge in [-0.05, 0) is 24.3 Å². The van der Waals surface area contributed by atoms with Crippen molar-refractivity contribution in [1.82, 2.24) is 4.98 Å². The quantitative estimate of drug-likeness (QED) is 0.833. The topological polar surface area (TPSA) is 85.4 Å². The minimum Gasteiger partial charge on any atom is -0.457 e. The Morgan fingerprint density at radius 1 is 1.35 bits per heavy atom. The fourth-order valence-corrected chi connectivity index (χ4v) is 3.66. The van der Waals surface area contributed by atoms with Gasteiger partial charge in [0, 0.05) is 16.7 Å². The Morgan fingerprint density at radius 2 is 2.13 bits per heavy atom. The molecule has 2 heterocycles. The number of fused-ring (bicyclic) bond motifs is 1. The van der Waals surface area contributed by atoms with Crippen molar-refractivity contribution in [2.24, 2.45) is 0 Å². The van der Waals surface area contributed by atoms with Crippen molar-refractivity contribution in [3.05, 3.63) is 46.6 Å². The lowest BCUT2D eigenvalue weighted by Gasteiger charge is -2.11. The van der Waals surface area contributed by atoms with Crippen LogP contribution in [0.2, 0.25) is 5.02 Å². The third kappa shape index (κ3) is 3.77. The summed E-state index contributed by atoms with van der Waals surface area (Å²) in [5, 5.41) is 1.12. The number of nitrogens with one attached hydrogen (secondary N) is 1. The van der Waals surface area contributed by atoms with Crippen molar-refractivity contribution in [2.75, 3.05) is 11.0 Å². The number of halogens is 1. The average Bonchev–Trinajstić information content (AvgIpc) is 2.81. The first-order chi connectivity index (χ1) is 10.8. The van der Waals surface area contributed by atoms with E-state index in [9.17, 15) is 13.2 Å². The number of benzene rings is 1. The van der Waals surface area contributed by atoms with Gasteiger partial charge in [-0.1, -0.05) is 23.4 Å². The molecule has 0 bridgehead atoms. The fourth-order valence-electron chi connectivity index (χ4n) is 2.05. The lowest BCUT2D eigenvalue weighted by molar-refractivity contribution is 0.0535. The molecule has 9 heteroatoms. The van der Waals surface area contributed by atoms with Crippen LogP contribution in [0.25, 0.3) is 0 Å². The molecule has 1 aromatic carbocycles. The van der Waals surface area contributed by atoms with Crippen LogP contribution >= 0.6 is 23.4 Å². The zero-order valence-electron chi connectivity index (χ0n) is 11.9. The number of esters is 1. The van der Waals surface area contributed by atoms with Gasteiger partial charge >= 0.3 is 5.97 Å². The van der Waals surface area contributed by atoms with Crippen molar-refractivity contribution >= 4 is 45.0 Å². The van der Waals surface area contributed by atoms with E-state index in [1.165, 1.54) is 18.0 Å². The number of carbonyl (C=O) groups is 1. The Labute approximate surface area is 142 Å². The number of ether oxygens (including phenoxy) is 1. The molecule has 120 valence electrons. The van der Waals surface area contributed by atoms with Crippen LogP contribution in [0.4, 0.5) is 5.69 Å². The number of cyclic esters (lactones) is 1. The largest absolute Gasteiger partial charge is 0.457 e. The van der Waals surface area contributed by atoms with Gasteiger partial charge in [0.15, 0.2) is 0 Å². The normalized spacial score (nSPS) is 13.6. The minimum atomic E-state index is -3.46. The standard InChI is InChI=1S/C14H11ClN2O4S2/c1-23(19,20)17-11-4-8-7-21-14(18)10(8)5-12(11)22-13-3-2-9(15)6-16-13/h2-6,17H,7H2,1H3. The zero-order valence-corrected chi connectivity index (χ0v) is 14.3. The average molecular weight is 371 g/mol. The minimum absolute atomic E-state index is 0.136. The molecule has 3 rings (SSSR count). The van der Waals surface area contributed by atoms with Gasteiger partial charge in [0.1, 0.15) is 11.6 Å². The maximum atomic E-state index is 11.7. The number of hydrogen-bond donors (Lipinski definition) is 1. The van der Waals surface area contributed by atoms with E-state index < -0.39 is 16.0 Å². The summed E-state index contributed by atoms with van der Waals surface area (Å²) in [7, 11) is -3.46. The first-order valence-corrected chi connectivity index (χ1v) is 9.52. The van der Waals surface area contributed by atoms with Crippen LogP contribution in [0.1, 0.15) is 15.9 Å². The molecule has 1 aromatic heterocycles.